The van der Waals surface area contributed by atoms with E-state index in [1.165, 1.54) is 30.7 Å². The number of nitrogens with one attached hydrogen (secondary N) is 1. The van der Waals surface area contributed by atoms with Crippen molar-refractivity contribution >= 4 is 21.3 Å². The molecule has 182 valence electrons. The number of ether oxygens (including phenoxy) is 2. The first-order valence-electron chi connectivity index (χ1n) is 10.2. The molecule has 0 radical (unpaired) electrons. The first-order chi connectivity index (χ1) is 16.1. The second-order valence-corrected chi connectivity index (χ2v) is 10.3. The molecule has 1 fully saturated rings. The van der Waals surface area contributed by atoms with Crippen LogP contribution in [0.2, 0.25) is 0 Å². The molecule has 0 bridgehead atoms. The second-order valence-electron chi connectivity index (χ2n) is 7.99. The van der Waals surface area contributed by atoms with E-state index >= 15 is 4.39 Å². The molecule has 0 saturated carbocycles. The average molecular weight is 499 g/mol. The number of sulfone groups is 1. The maximum Gasteiger partial charge on any atom is 0.283 e. The summed E-state index contributed by atoms with van der Waals surface area (Å²) in [6.45, 7) is 0.794. The fraction of sp³-hybridized carbons (Fsp3) is 0.400. The van der Waals surface area contributed by atoms with Crippen molar-refractivity contribution in [3.05, 3.63) is 42.2 Å². The summed E-state index contributed by atoms with van der Waals surface area (Å²) in [6.07, 6.45) is 1.54. The summed E-state index contributed by atoms with van der Waals surface area (Å²) in [6, 6.07) is 2.65. The number of alkyl halides is 2. The van der Waals surface area contributed by atoms with Crippen LogP contribution in [0, 0.1) is 5.82 Å². The largest absolute Gasteiger partial charge is 0.468 e. The summed E-state index contributed by atoms with van der Waals surface area (Å²) in [4.78, 5) is 20.4. The van der Waals surface area contributed by atoms with Crippen LogP contribution in [0.15, 0.2) is 30.7 Å². The van der Waals surface area contributed by atoms with E-state index in [1.807, 2.05) is 0 Å². The Kier molecular flexibility index (Phi) is 6.34. The van der Waals surface area contributed by atoms with Gasteiger partial charge < -0.3 is 14.8 Å². The number of carbonyl (C=O) groups is 1. The smallest absolute Gasteiger partial charge is 0.283 e. The maximum absolute atomic E-state index is 15.1. The molecule has 0 unspecified atom stereocenters. The number of aromatic nitrogens is 4. The molecule has 3 aromatic rings. The second kappa shape index (κ2) is 9.08. The van der Waals surface area contributed by atoms with Gasteiger partial charge in [0.25, 0.3) is 24.1 Å². The van der Waals surface area contributed by atoms with Gasteiger partial charge in [-0.25, -0.2) is 36.1 Å². The minimum Gasteiger partial charge on any atom is -0.468 e. The lowest BCUT2D eigenvalue weighted by Crippen LogP contribution is -2.51. The minimum absolute atomic E-state index is 0.0660. The summed E-state index contributed by atoms with van der Waals surface area (Å²) < 4.78 is 74.8. The van der Waals surface area contributed by atoms with Crippen molar-refractivity contribution in [3.8, 4) is 17.5 Å². The molecule has 1 N–H and O–H groups in total. The molecule has 0 aromatic carbocycles. The number of hydrogen-bond donors (Lipinski definition) is 1. The Morgan fingerprint density at radius 3 is 2.59 bits per heavy atom. The van der Waals surface area contributed by atoms with E-state index in [4.69, 9.17) is 9.47 Å². The van der Waals surface area contributed by atoms with E-state index in [9.17, 15) is 22.0 Å². The van der Waals surface area contributed by atoms with Crippen molar-refractivity contribution in [2.45, 2.75) is 31.7 Å². The van der Waals surface area contributed by atoms with Gasteiger partial charge in [0.2, 0.25) is 0 Å². The first-order valence-corrected chi connectivity index (χ1v) is 12.0. The van der Waals surface area contributed by atoms with Crippen molar-refractivity contribution in [2.75, 3.05) is 18.1 Å². The Morgan fingerprint density at radius 2 is 1.91 bits per heavy atom. The molecule has 1 aliphatic rings. The van der Waals surface area contributed by atoms with Crippen molar-refractivity contribution in [1.82, 2.24) is 24.9 Å². The van der Waals surface area contributed by atoms with Crippen LogP contribution >= 0.6 is 0 Å². The lowest BCUT2D eigenvalue weighted by atomic mass is 9.94. The number of amides is 1. The predicted octanol–water partition coefficient (Wildman–Crippen LogP) is 2.40. The molecule has 14 heteroatoms. The first kappa shape index (κ1) is 23.7. The Bertz CT molecular complexity index is 1320. The van der Waals surface area contributed by atoms with Crippen LogP contribution in [-0.4, -0.2) is 64.0 Å². The topological polar surface area (TPSA) is 125 Å². The number of halogens is 3. The normalized spacial score (nSPS) is 17.0. The van der Waals surface area contributed by atoms with Gasteiger partial charge in [0, 0.05) is 30.2 Å². The Balaban J connectivity index is 1.54. The standard InChI is InChI=1S/C20H20F3N5O5S/c1-20(3-8-34(30,31)9-4-20)26-17(29)16-15(23)13-10-12(2-7-28(13)27-16)33-19-18(24-5-6-25-19)32-11-14(21)22/h2,5-7,10,14H,3-4,8-9,11H2,1H3,(H,26,29). The number of carbonyl (C=O) groups excluding carboxylic acids is 1. The zero-order valence-electron chi connectivity index (χ0n) is 17.9. The monoisotopic (exact) mass is 499 g/mol. The van der Waals surface area contributed by atoms with E-state index < -0.39 is 45.8 Å². The molecule has 4 heterocycles. The van der Waals surface area contributed by atoms with Crippen LogP contribution in [-0.2, 0) is 9.84 Å². The number of pyridine rings is 1. The van der Waals surface area contributed by atoms with E-state index in [2.05, 4.69) is 20.4 Å². The average Bonchev–Trinajstić information content (AvgIpc) is 3.12. The van der Waals surface area contributed by atoms with E-state index in [0.717, 1.165) is 4.52 Å². The van der Waals surface area contributed by atoms with Gasteiger partial charge in [-0.1, -0.05) is 0 Å². The van der Waals surface area contributed by atoms with Gasteiger partial charge in [-0.15, -0.1) is 0 Å². The van der Waals surface area contributed by atoms with Crippen molar-refractivity contribution in [1.29, 1.82) is 0 Å². The highest BCUT2D eigenvalue weighted by Gasteiger charge is 2.36. The molecule has 0 atom stereocenters. The highest BCUT2D eigenvalue weighted by molar-refractivity contribution is 7.91. The van der Waals surface area contributed by atoms with Crippen molar-refractivity contribution in [3.63, 3.8) is 0 Å². The van der Waals surface area contributed by atoms with Crippen LogP contribution in [0.3, 0.4) is 0 Å². The summed E-state index contributed by atoms with van der Waals surface area (Å²) in [5.74, 6) is -2.21. The van der Waals surface area contributed by atoms with Gasteiger partial charge in [0.1, 0.15) is 21.1 Å². The quantitative estimate of drug-likeness (QED) is 0.526. The van der Waals surface area contributed by atoms with Crippen LogP contribution < -0.4 is 14.8 Å². The molecule has 10 nitrogen and oxygen atoms in total. The molecule has 34 heavy (non-hydrogen) atoms. The molecular weight excluding hydrogens is 479 g/mol. The highest BCUT2D eigenvalue weighted by Crippen LogP contribution is 2.29. The van der Waals surface area contributed by atoms with Gasteiger partial charge >= 0.3 is 0 Å². The maximum atomic E-state index is 15.1. The Hall–Kier alpha value is -3.42. The minimum atomic E-state index is -3.14. The summed E-state index contributed by atoms with van der Waals surface area (Å²) in [5.41, 5.74) is -1.36. The fourth-order valence-electron chi connectivity index (χ4n) is 3.39. The highest BCUT2D eigenvalue weighted by atomic mass is 32.2. The van der Waals surface area contributed by atoms with Crippen LogP contribution in [0.1, 0.15) is 30.3 Å². The van der Waals surface area contributed by atoms with Gasteiger partial charge in [-0.3, -0.25) is 4.79 Å². The van der Waals surface area contributed by atoms with E-state index in [1.54, 1.807) is 6.92 Å². The van der Waals surface area contributed by atoms with E-state index in [-0.39, 0.29) is 47.4 Å². The molecule has 0 spiro atoms. The third kappa shape index (κ3) is 5.21. The van der Waals surface area contributed by atoms with Crippen LogP contribution in [0.5, 0.6) is 17.5 Å². The van der Waals surface area contributed by atoms with Crippen molar-refractivity contribution in [2.24, 2.45) is 0 Å². The lowest BCUT2D eigenvalue weighted by molar-refractivity contribution is 0.0779. The molecule has 1 saturated heterocycles. The summed E-state index contributed by atoms with van der Waals surface area (Å²) in [5, 5.41) is 6.66. The summed E-state index contributed by atoms with van der Waals surface area (Å²) >= 11 is 0. The molecule has 0 aliphatic carbocycles. The van der Waals surface area contributed by atoms with Crippen molar-refractivity contribution < 1.29 is 35.9 Å². The third-order valence-electron chi connectivity index (χ3n) is 5.30. The number of fused-ring (bicyclic) bond motifs is 1. The third-order valence-corrected chi connectivity index (χ3v) is 6.95. The molecule has 1 amide bonds. The number of rotatable bonds is 7. The number of hydrogen-bond acceptors (Lipinski definition) is 8. The van der Waals surface area contributed by atoms with Gasteiger partial charge in [0.05, 0.1) is 11.5 Å². The van der Waals surface area contributed by atoms with Gasteiger partial charge in [0.15, 0.2) is 18.1 Å². The molecular formula is C20H20F3N5O5S. The van der Waals surface area contributed by atoms with Crippen LogP contribution in [0.25, 0.3) is 5.52 Å². The molecule has 3 aromatic heterocycles. The predicted molar refractivity (Wildman–Crippen MR) is 113 cm³/mol. The lowest BCUT2D eigenvalue weighted by Gasteiger charge is -2.34. The molecule has 1 aliphatic heterocycles. The Labute approximate surface area is 192 Å². The molecule has 4 rings (SSSR count). The number of nitrogens with zero attached hydrogens (tertiary/aromatic N) is 4. The van der Waals surface area contributed by atoms with E-state index in [0.29, 0.717) is 0 Å². The van der Waals surface area contributed by atoms with Gasteiger partial charge in [-0.05, 0) is 25.8 Å². The Morgan fingerprint density at radius 1 is 1.24 bits per heavy atom. The fourth-order valence-corrected chi connectivity index (χ4v) is 5.12. The SMILES string of the molecule is CC1(NC(=O)c2nn3ccc(Oc4nccnc4OCC(F)F)cc3c2F)CCS(=O)(=O)CC1. The zero-order valence-corrected chi connectivity index (χ0v) is 18.7. The summed E-state index contributed by atoms with van der Waals surface area (Å²) in [7, 11) is -3.14. The van der Waals surface area contributed by atoms with Crippen LogP contribution in [0.4, 0.5) is 13.2 Å². The van der Waals surface area contributed by atoms with Gasteiger partial charge in [-0.2, -0.15) is 5.10 Å². The zero-order chi connectivity index (χ0) is 24.5.